The van der Waals surface area contributed by atoms with E-state index in [1.807, 2.05) is 16.8 Å². The van der Waals surface area contributed by atoms with E-state index in [9.17, 15) is 9.59 Å². The average molecular weight is 355 g/mol. The monoisotopic (exact) mass is 355 g/mol. The molecule has 0 bridgehead atoms. The predicted octanol–water partition coefficient (Wildman–Crippen LogP) is 1.23. The number of aryl methyl sites for hydroxylation is 1. The number of hydrogen-bond acceptors (Lipinski definition) is 5. The fourth-order valence-electron chi connectivity index (χ4n) is 3.24. The Hall–Kier alpha value is -2.87. The lowest BCUT2D eigenvalue weighted by Gasteiger charge is -2.22. The second-order valence-electron chi connectivity index (χ2n) is 6.69. The number of aromatic nitrogens is 2. The molecule has 2 amide bonds. The summed E-state index contributed by atoms with van der Waals surface area (Å²) in [4.78, 5) is 25.7. The van der Waals surface area contributed by atoms with Crippen LogP contribution < -0.4 is 15.4 Å². The molecule has 2 aromatic rings. The Kier molecular flexibility index (Phi) is 4.34. The van der Waals surface area contributed by atoms with Gasteiger partial charge in [0.2, 0.25) is 5.91 Å². The molecule has 0 spiro atoms. The van der Waals surface area contributed by atoms with Crippen LogP contribution in [0.25, 0.3) is 0 Å². The van der Waals surface area contributed by atoms with Crippen molar-refractivity contribution in [3.05, 3.63) is 35.5 Å². The molecule has 1 aromatic heterocycles. The molecule has 2 aliphatic rings. The zero-order valence-corrected chi connectivity index (χ0v) is 14.6. The van der Waals surface area contributed by atoms with Crippen LogP contribution in [0.15, 0.2) is 24.3 Å². The van der Waals surface area contributed by atoms with Crippen LogP contribution in [0.4, 0.5) is 11.5 Å². The highest BCUT2D eigenvalue weighted by molar-refractivity contribution is 5.94. The number of benzene rings is 1. The number of nitrogens with zero attached hydrogens (tertiary/aromatic N) is 3. The first-order valence-corrected chi connectivity index (χ1v) is 8.67. The number of hydrogen-bond donors (Lipinski definition) is 2. The van der Waals surface area contributed by atoms with E-state index in [0.717, 1.165) is 36.6 Å². The summed E-state index contributed by atoms with van der Waals surface area (Å²) in [5, 5.41) is 10.0. The zero-order valence-electron chi connectivity index (χ0n) is 14.6. The second-order valence-corrected chi connectivity index (χ2v) is 6.69. The Balaban J connectivity index is 1.34. The lowest BCUT2D eigenvalue weighted by atomic mass is 10.0. The third-order valence-electron chi connectivity index (χ3n) is 4.60. The number of nitrogens with one attached hydrogen (secondary N) is 2. The van der Waals surface area contributed by atoms with Crippen molar-refractivity contribution in [2.45, 2.75) is 25.9 Å². The van der Waals surface area contributed by atoms with Gasteiger partial charge in [0.05, 0.1) is 12.2 Å². The minimum absolute atomic E-state index is 0.0273. The van der Waals surface area contributed by atoms with E-state index in [1.165, 1.54) is 0 Å². The summed E-state index contributed by atoms with van der Waals surface area (Å²) < 4.78 is 7.51. The molecule has 0 fully saturated rings. The van der Waals surface area contributed by atoms with Crippen molar-refractivity contribution in [2.24, 2.45) is 0 Å². The van der Waals surface area contributed by atoms with Crippen LogP contribution in [0.3, 0.4) is 0 Å². The zero-order chi connectivity index (χ0) is 18.1. The van der Waals surface area contributed by atoms with Crippen LogP contribution in [0.2, 0.25) is 0 Å². The number of ether oxygens (including phenoxy) is 1. The van der Waals surface area contributed by atoms with Gasteiger partial charge < -0.3 is 15.4 Å². The van der Waals surface area contributed by atoms with Crippen molar-refractivity contribution >= 4 is 23.3 Å². The van der Waals surface area contributed by atoms with Gasteiger partial charge in [-0.2, -0.15) is 5.10 Å². The first-order chi connectivity index (χ1) is 12.6. The Morgan fingerprint density at radius 2 is 2.19 bits per heavy atom. The molecule has 26 heavy (non-hydrogen) atoms. The molecule has 136 valence electrons. The summed E-state index contributed by atoms with van der Waals surface area (Å²) in [5.74, 6) is 0.942. The van der Waals surface area contributed by atoms with Gasteiger partial charge in [0.15, 0.2) is 12.4 Å². The molecule has 0 saturated heterocycles. The smallest absolute Gasteiger partial charge is 0.263 e. The number of likely N-dealkylation sites (N-methyl/N-ethyl adjacent to an activating group) is 1. The fourth-order valence-corrected chi connectivity index (χ4v) is 3.24. The van der Waals surface area contributed by atoms with Crippen LogP contribution >= 0.6 is 0 Å². The molecule has 0 saturated carbocycles. The maximum atomic E-state index is 12.1. The molecule has 0 radical (unpaired) electrons. The van der Waals surface area contributed by atoms with E-state index >= 15 is 0 Å². The highest BCUT2D eigenvalue weighted by Gasteiger charge is 2.17. The third-order valence-corrected chi connectivity index (χ3v) is 4.60. The molecule has 4 rings (SSSR count). The van der Waals surface area contributed by atoms with Crippen molar-refractivity contribution < 1.29 is 14.3 Å². The standard InChI is InChI=1S/C18H21N5O3/c1-22-6-7-23-13(10-22)9-16(21-23)20-18(25)11-26-14-3-4-15-12(8-14)2-5-17(24)19-15/h3-4,8-9H,2,5-7,10-11H2,1H3,(H,19,24)(H,20,21,25). The number of carbonyl (C=O) groups is 2. The van der Waals surface area contributed by atoms with Gasteiger partial charge in [-0.25, -0.2) is 0 Å². The second kappa shape index (κ2) is 6.80. The number of anilines is 2. The van der Waals surface area contributed by atoms with Crippen LogP contribution in [0, 0.1) is 0 Å². The number of amides is 2. The predicted molar refractivity (Wildman–Crippen MR) is 96.1 cm³/mol. The minimum atomic E-state index is -0.250. The van der Waals surface area contributed by atoms with Crippen molar-refractivity contribution in [1.82, 2.24) is 14.7 Å². The van der Waals surface area contributed by atoms with Gasteiger partial charge in [-0.15, -0.1) is 0 Å². The third kappa shape index (κ3) is 3.55. The normalized spacial score (nSPS) is 16.4. The largest absolute Gasteiger partial charge is 0.484 e. The van der Waals surface area contributed by atoms with Gasteiger partial charge in [-0.1, -0.05) is 0 Å². The lowest BCUT2D eigenvalue weighted by molar-refractivity contribution is -0.118. The summed E-state index contributed by atoms with van der Waals surface area (Å²) in [6, 6.07) is 7.32. The topological polar surface area (TPSA) is 88.5 Å². The van der Waals surface area contributed by atoms with Crippen molar-refractivity contribution in [3.8, 4) is 5.75 Å². The van der Waals surface area contributed by atoms with Crippen LogP contribution in [-0.2, 0) is 29.1 Å². The first kappa shape index (κ1) is 16.6. The Bertz CT molecular complexity index is 861. The molecule has 0 unspecified atom stereocenters. The molecule has 2 N–H and O–H groups in total. The van der Waals surface area contributed by atoms with Crippen molar-refractivity contribution in [1.29, 1.82) is 0 Å². The summed E-state index contributed by atoms with van der Waals surface area (Å²) in [5.41, 5.74) is 2.92. The Morgan fingerprint density at radius 3 is 3.08 bits per heavy atom. The summed E-state index contributed by atoms with van der Waals surface area (Å²) >= 11 is 0. The molecule has 3 heterocycles. The number of rotatable bonds is 4. The summed E-state index contributed by atoms with van der Waals surface area (Å²) in [6.07, 6.45) is 1.15. The van der Waals surface area contributed by atoms with Gasteiger partial charge in [0.1, 0.15) is 5.75 Å². The molecule has 0 atom stereocenters. The maximum absolute atomic E-state index is 12.1. The van der Waals surface area contributed by atoms with Gasteiger partial charge in [-0.3, -0.25) is 19.2 Å². The Labute approximate surface area is 151 Å². The molecule has 8 nitrogen and oxygen atoms in total. The highest BCUT2D eigenvalue weighted by atomic mass is 16.5. The lowest BCUT2D eigenvalue weighted by Crippen LogP contribution is -2.30. The van der Waals surface area contributed by atoms with E-state index in [-0.39, 0.29) is 18.4 Å². The SMILES string of the molecule is CN1CCn2nc(NC(=O)COc3ccc4c(c3)CCC(=O)N4)cc2C1. The number of carbonyl (C=O) groups excluding carboxylic acids is 2. The quantitative estimate of drug-likeness (QED) is 0.861. The summed E-state index contributed by atoms with van der Waals surface area (Å²) in [6.45, 7) is 2.51. The van der Waals surface area contributed by atoms with Crippen molar-refractivity contribution in [2.75, 3.05) is 30.8 Å². The first-order valence-electron chi connectivity index (χ1n) is 8.67. The average Bonchev–Trinajstić information content (AvgIpc) is 3.01. The Morgan fingerprint density at radius 1 is 1.31 bits per heavy atom. The van der Waals surface area contributed by atoms with Gasteiger partial charge in [0.25, 0.3) is 5.91 Å². The van der Waals surface area contributed by atoms with E-state index in [2.05, 4.69) is 27.7 Å². The van der Waals surface area contributed by atoms with Crippen molar-refractivity contribution in [3.63, 3.8) is 0 Å². The molecular weight excluding hydrogens is 334 g/mol. The van der Waals surface area contributed by atoms with Gasteiger partial charge >= 0.3 is 0 Å². The highest BCUT2D eigenvalue weighted by Crippen LogP contribution is 2.26. The summed E-state index contributed by atoms with van der Waals surface area (Å²) in [7, 11) is 2.06. The maximum Gasteiger partial charge on any atom is 0.263 e. The van der Waals surface area contributed by atoms with Crippen LogP contribution in [0.1, 0.15) is 17.7 Å². The van der Waals surface area contributed by atoms with Crippen LogP contribution in [-0.4, -0.2) is 46.7 Å². The van der Waals surface area contributed by atoms with E-state index < -0.39 is 0 Å². The molecular formula is C18H21N5O3. The van der Waals surface area contributed by atoms with Gasteiger partial charge in [0, 0.05) is 31.3 Å². The van der Waals surface area contributed by atoms with E-state index in [0.29, 0.717) is 24.4 Å². The molecule has 1 aromatic carbocycles. The molecule has 8 heteroatoms. The fraction of sp³-hybridized carbons (Fsp3) is 0.389. The van der Waals surface area contributed by atoms with E-state index in [1.54, 1.807) is 12.1 Å². The molecule has 2 aliphatic heterocycles. The molecule has 0 aliphatic carbocycles. The number of fused-ring (bicyclic) bond motifs is 2. The van der Waals surface area contributed by atoms with E-state index in [4.69, 9.17) is 4.74 Å². The minimum Gasteiger partial charge on any atom is -0.484 e. The van der Waals surface area contributed by atoms with Gasteiger partial charge in [-0.05, 0) is 37.2 Å². The van der Waals surface area contributed by atoms with Crippen LogP contribution in [0.5, 0.6) is 5.75 Å².